The summed E-state index contributed by atoms with van der Waals surface area (Å²) in [6.07, 6.45) is 1.97. The fourth-order valence-corrected chi connectivity index (χ4v) is 2.60. The summed E-state index contributed by atoms with van der Waals surface area (Å²) in [5.74, 6) is 0.799. The highest BCUT2D eigenvalue weighted by molar-refractivity contribution is 7.98. The molecule has 0 atom stereocenters. The van der Waals surface area contributed by atoms with Crippen LogP contribution in [0.1, 0.15) is 16.2 Å². The number of thioether (sulfide) groups is 1. The molecule has 128 valence electrons. The van der Waals surface area contributed by atoms with Crippen LogP contribution >= 0.6 is 11.8 Å². The Morgan fingerprint density at radius 1 is 1.16 bits per heavy atom. The fourth-order valence-electron chi connectivity index (χ4n) is 2.19. The highest BCUT2D eigenvalue weighted by Gasteiger charge is 2.15. The van der Waals surface area contributed by atoms with Crippen LogP contribution < -0.4 is 4.74 Å². The minimum absolute atomic E-state index is 0.0920. The first kappa shape index (κ1) is 17.0. The van der Waals surface area contributed by atoms with Gasteiger partial charge in [-0.15, -0.1) is 11.8 Å². The van der Waals surface area contributed by atoms with E-state index in [0.717, 1.165) is 4.90 Å². The van der Waals surface area contributed by atoms with Crippen molar-refractivity contribution >= 4 is 17.7 Å². The van der Waals surface area contributed by atoms with Crippen molar-refractivity contribution in [1.82, 2.24) is 10.1 Å². The summed E-state index contributed by atoms with van der Waals surface area (Å²) in [4.78, 5) is 17.4. The molecule has 0 fully saturated rings. The third-order valence-corrected chi connectivity index (χ3v) is 4.21. The zero-order chi connectivity index (χ0) is 17.6. The number of carbonyl (C=O) groups excluding carboxylic acids is 1. The van der Waals surface area contributed by atoms with Crippen LogP contribution in [0, 0.1) is 0 Å². The van der Waals surface area contributed by atoms with Crippen molar-refractivity contribution in [3.63, 3.8) is 0 Å². The number of methoxy groups -OCH3 is 1. The molecule has 0 saturated carbocycles. The Hall–Kier alpha value is -2.80. The van der Waals surface area contributed by atoms with E-state index in [4.69, 9.17) is 14.0 Å². The Bertz CT molecular complexity index is 862. The van der Waals surface area contributed by atoms with Crippen molar-refractivity contribution in [2.45, 2.75) is 11.5 Å². The first-order valence-electron chi connectivity index (χ1n) is 7.48. The Kier molecular flexibility index (Phi) is 5.35. The summed E-state index contributed by atoms with van der Waals surface area (Å²) in [6.45, 7) is -0.0920. The van der Waals surface area contributed by atoms with Crippen LogP contribution in [0.15, 0.2) is 57.9 Å². The van der Waals surface area contributed by atoms with Crippen LogP contribution in [0.3, 0.4) is 0 Å². The van der Waals surface area contributed by atoms with Gasteiger partial charge in [0.05, 0.1) is 18.2 Å². The lowest BCUT2D eigenvalue weighted by Crippen LogP contribution is -2.05. The number of carbonyl (C=O) groups is 1. The average molecular weight is 356 g/mol. The smallest absolute Gasteiger partial charge is 0.338 e. The van der Waals surface area contributed by atoms with Gasteiger partial charge in [0.25, 0.3) is 5.89 Å². The molecular weight excluding hydrogens is 340 g/mol. The monoisotopic (exact) mass is 356 g/mol. The van der Waals surface area contributed by atoms with E-state index >= 15 is 0 Å². The summed E-state index contributed by atoms with van der Waals surface area (Å²) in [6, 6.07) is 14.5. The molecule has 0 radical (unpaired) electrons. The first-order chi connectivity index (χ1) is 12.2. The number of ether oxygens (including phenoxy) is 2. The number of nitrogens with zero attached hydrogens (tertiary/aromatic N) is 2. The topological polar surface area (TPSA) is 74.5 Å². The highest BCUT2D eigenvalue weighted by Crippen LogP contribution is 2.27. The van der Waals surface area contributed by atoms with Gasteiger partial charge in [0.2, 0.25) is 5.82 Å². The normalized spacial score (nSPS) is 10.5. The standard InChI is InChI=1S/C18H16N2O4S/c1-22-15-6-4-3-5-14(15)17-19-16(24-20-17)11-23-18(21)12-7-9-13(25-2)10-8-12/h3-10H,11H2,1-2H3. The number of rotatable bonds is 6. The quantitative estimate of drug-likeness (QED) is 0.491. The van der Waals surface area contributed by atoms with E-state index in [9.17, 15) is 4.79 Å². The van der Waals surface area contributed by atoms with Gasteiger partial charge < -0.3 is 14.0 Å². The molecule has 3 rings (SSSR count). The molecule has 0 bridgehead atoms. The second kappa shape index (κ2) is 7.85. The Balaban J connectivity index is 1.66. The molecule has 25 heavy (non-hydrogen) atoms. The van der Waals surface area contributed by atoms with Crippen LogP contribution in [0.25, 0.3) is 11.4 Å². The number of esters is 1. The lowest BCUT2D eigenvalue weighted by molar-refractivity contribution is 0.0429. The van der Waals surface area contributed by atoms with E-state index in [-0.39, 0.29) is 12.5 Å². The number of para-hydroxylation sites is 1. The van der Waals surface area contributed by atoms with Gasteiger partial charge in [0, 0.05) is 4.90 Å². The van der Waals surface area contributed by atoms with E-state index in [0.29, 0.717) is 22.7 Å². The minimum Gasteiger partial charge on any atom is -0.496 e. The van der Waals surface area contributed by atoms with Crippen LogP contribution in [-0.2, 0) is 11.3 Å². The van der Waals surface area contributed by atoms with Gasteiger partial charge in [-0.05, 0) is 42.7 Å². The maximum Gasteiger partial charge on any atom is 0.338 e. The van der Waals surface area contributed by atoms with Gasteiger partial charge in [-0.1, -0.05) is 17.3 Å². The van der Waals surface area contributed by atoms with E-state index in [1.54, 1.807) is 31.0 Å². The molecule has 3 aromatic rings. The van der Waals surface area contributed by atoms with Gasteiger partial charge in [0.15, 0.2) is 6.61 Å². The van der Waals surface area contributed by atoms with E-state index in [2.05, 4.69) is 10.1 Å². The molecular formula is C18H16N2O4S. The Labute approximate surface area is 149 Å². The van der Waals surface area contributed by atoms with E-state index in [1.165, 1.54) is 0 Å². The molecule has 0 saturated heterocycles. The second-order valence-electron chi connectivity index (χ2n) is 5.02. The van der Waals surface area contributed by atoms with Crippen LogP contribution in [-0.4, -0.2) is 29.5 Å². The van der Waals surface area contributed by atoms with Crippen molar-refractivity contribution in [2.24, 2.45) is 0 Å². The van der Waals surface area contributed by atoms with E-state index in [1.807, 2.05) is 42.7 Å². The van der Waals surface area contributed by atoms with Crippen molar-refractivity contribution in [3.8, 4) is 17.1 Å². The molecule has 6 nitrogen and oxygen atoms in total. The number of aromatic nitrogens is 2. The minimum atomic E-state index is -0.440. The maximum absolute atomic E-state index is 12.1. The molecule has 2 aromatic carbocycles. The summed E-state index contributed by atoms with van der Waals surface area (Å²) >= 11 is 1.61. The molecule has 1 heterocycles. The first-order valence-corrected chi connectivity index (χ1v) is 8.71. The molecule has 0 aliphatic heterocycles. The van der Waals surface area contributed by atoms with Crippen molar-refractivity contribution in [2.75, 3.05) is 13.4 Å². The number of benzene rings is 2. The molecule has 0 unspecified atom stereocenters. The number of hydrogen-bond acceptors (Lipinski definition) is 7. The molecule has 0 amide bonds. The predicted molar refractivity (Wildman–Crippen MR) is 93.6 cm³/mol. The molecule has 1 aromatic heterocycles. The Morgan fingerprint density at radius 3 is 2.64 bits per heavy atom. The maximum atomic E-state index is 12.1. The molecule has 0 aliphatic carbocycles. The summed E-state index contributed by atoms with van der Waals surface area (Å²) in [5.41, 5.74) is 1.18. The van der Waals surface area contributed by atoms with Gasteiger partial charge >= 0.3 is 5.97 Å². The fraction of sp³-hybridized carbons (Fsp3) is 0.167. The average Bonchev–Trinajstić information content (AvgIpc) is 3.15. The van der Waals surface area contributed by atoms with Gasteiger partial charge in [-0.25, -0.2) is 4.79 Å². The third kappa shape index (κ3) is 4.00. The summed E-state index contributed by atoms with van der Waals surface area (Å²) < 4.78 is 15.6. The summed E-state index contributed by atoms with van der Waals surface area (Å²) in [7, 11) is 1.57. The predicted octanol–water partition coefficient (Wildman–Crippen LogP) is 3.82. The lowest BCUT2D eigenvalue weighted by Gasteiger charge is -2.03. The van der Waals surface area contributed by atoms with Crippen LogP contribution in [0.5, 0.6) is 5.75 Å². The molecule has 0 spiro atoms. The van der Waals surface area contributed by atoms with Crippen LogP contribution in [0.2, 0.25) is 0 Å². The second-order valence-corrected chi connectivity index (χ2v) is 5.90. The van der Waals surface area contributed by atoms with E-state index < -0.39 is 5.97 Å². The molecule has 7 heteroatoms. The third-order valence-electron chi connectivity index (χ3n) is 3.47. The summed E-state index contributed by atoms with van der Waals surface area (Å²) in [5, 5.41) is 3.91. The van der Waals surface area contributed by atoms with Gasteiger partial charge in [-0.2, -0.15) is 4.98 Å². The zero-order valence-corrected chi connectivity index (χ0v) is 14.6. The van der Waals surface area contributed by atoms with Gasteiger partial charge in [-0.3, -0.25) is 0 Å². The zero-order valence-electron chi connectivity index (χ0n) is 13.8. The molecule has 0 aliphatic rings. The van der Waals surface area contributed by atoms with Crippen molar-refractivity contribution in [1.29, 1.82) is 0 Å². The lowest BCUT2D eigenvalue weighted by atomic mass is 10.2. The van der Waals surface area contributed by atoms with Crippen molar-refractivity contribution < 1.29 is 18.8 Å². The highest BCUT2D eigenvalue weighted by atomic mass is 32.2. The Morgan fingerprint density at radius 2 is 1.92 bits per heavy atom. The molecule has 0 N–H and O–H groups in total. The number of hydrogen-bond donors (Lipinski definition) is 0. The van der Waals surface area contributed by atoms with Crippen molar-refractivity contribution in [3.05, 3.63) is 60.0 Å². The largest absolute Gasteiger partial charge is 0.496 e. The SMILES string of the molecule is COc1ccccc1-c1noc(COC(=O)c2ccc(SC)cc2)n1. The van der Waals surface area contributed by atoms with Crippen LogP contribution in [0.4, 0.5) is 0 Å². The van der Waals surface area contributed by atoms with Gasteiger partial charge in [0.1, 0.15) is 5.75 Å².